The molecular weight excluding hydrogens is 507 g/mol. The van der Waals surface area contributed by atoms with Gasteiger partial charge in [0.1, 0.15) is 8.07 Å². The van der Waals surface area contributed by atoms with Crippen molar-refractivity contribution in [3.8, 4) is 11.3 Å². The molecule has 0 amide bonds. The molecule has 210 valence electrons. The first-order valence-electron chi connectivity index (χ1n) is 15.7. The molecule has 0 atom stereocenters. The zero-order chi connectivity index (χ0) is 28.3. The summed E-state index contributed by atoms with van der Waals surface area (Å²) in [6.07, 6.45) is 9.88. The van der Waals surface area contributed by atoms with Crippen LogP contribution in [0.5, 0.6) is 0 Å². The summed E-state index contributed by atoms with van der Waals surface area (Å²) in [7, 11) is -1.89. The Morgan fingerprint density at radius 2 is 1.31 bits per heavy atom. The molecule has 3 heteroatoms. The van der Waals surface area contributed by atoms with E-state index in [1.165, 1.54) is 76.2 Å². The van der Waals surface area contributed by atoms with Crippen molar-refractivity contribution in [2.24, 2.45) is 0 Å². The lowest BCUT2D eigenvalue weighted by Gasteiger charge is -2.49. The molecule has 39 heavy (non-hydrogen) atoms. The molecule has 4 aromatic rings. The second-order valence-electron chi connectivity index (χ2n) is 12.0. The molecule has 1 nitrogen and oxygen atoms in total. The van der Waals surface area contributed by atoms with Crippen LogP contribution < -0.4 is 4.50 Å². The van der Waals surface area contributed by atoms with Gasteiger partial charge in [0.25, 0.3) is 0 Å². The van der Waals surface area contributed by atoms with E-state index < -0.39 is 8.07 Å². The number of hydrogen-bond acceptors (Lipinski definition) is 2. The Balaban J connectivity index is 2.08. The van der Waals surface area contributed by atoms with E-state index >= 15 is 0 Å². The van der Waals surface area contributed by atoms with Crippen LogP contribution in [0.2, 0.25) is 16.6 Å². The fourth-order valence-electron chi connectivity index (χ4n) is 8.17. The van der Waals surface area contributed by atoms with E-state index in [9.17, 15) is 0 Å². The minimum Gasteiger partial charge on any atom is -0.255 e. The topological polar surface area (TPSA) is 12.9 Å². The molecule has 2 aromatic carbocycles. The van der Waals surface area contributed by atoms with Gasteiger partial charge >= 0.3 is 0 Å². The van der Waals surface area contributed by atoms with Crippen molar-refractivity contribution < 1.29 is 0 Å². The Morgan fingerprint density at radius 1 is 0.744 bits per heavy atom. The van der Waals surface area contributed by atoms with Gasteiger partial charge in [0.05, 0.1) is 10.4 Å². The van der Waals surface area contributed by atoms with E-state index in [0.29, 0.717) is 5.92 Å². The fraction of sp³-hybridized carbons (Fsp3) is 0.528. The first-order chi connectivity index (χ1) is 18.8. The maximum Gasteiger partial charge on any atom is 0.109 e. The maximum atomic E-state index is 5.10. The molecule has 0 radical (unpaired) electrons. The standard InChI is InChI=1S/C36H51NSSi/c1-10-28(11-2)39(29(12-3)13-4,30(14-5)15-6)36-25(9)31-20-21-37-34(35(31)38-36)27-22-26-18-16-17-19-32(26)33(23-27)24(7)8/h16-24,28-30H,10-15H2,1-9H3. The predicted octanol–water partition coefficient (Wildman–Crippen LogP) is 11.8. The molecule has 0 bridgehead atoms. The number of benzene rings is 2. The summed E-state index contributed by atoms with van der Waals surface area (Å²) in [5.41, 5.74) is 7.92. The summed E-state index contributed by atoms with van der Waals surface area (Å²) in [6.45, 7) is 21.9. The molecule has 0 spiro atoms. The van der Waals surface area contributed by atoms with Gasteiger partial charge in [-0.25, -0.2) is 0 Å². The SMILES string of the molecule is CCC(CC)[Si](c1sc2c(-c3cc(C(C)C)c4ccccc4c3)nccc2c1C)(C(CC)CC)C(CC)CC. The molecule has 2 heterocycles. The molecule has 0 saturated carbocycles. The summed E-state index contributed by atoms with van der Waals surface area (Å²) < 4.78 is 3.21. The van der Waals surface area contributed by atoms with Crippen LogP contribution in [-0.2, 0) is 0 Å². The average Bonchev–Trinajstić information content (AvgIpc) is 3.30. The van der Waals surface area contributed by atoms with Gasteiger partial charge in [-0.05, 0) is 79.5 Å². The van der Waals surface area contributed by atoms with Gasteiger partial charge in [-0.15, -0.1) is 11.3 Å². The van der Waals surface area contributed by atoms with Gasteiger partial charge < -0.3 is 0 Å². The van der Waals surface area contributed by atoms with Crippen molar-refractivity contribution in [3.05, 3.63) is 59.8 Å². The van der Waals surface area contributed by atoms with Crippen molar-refractivity contribution in [3.63, 3.8) is 0 Å². The first-order valence-corrected chi connectivity index (χ1v) is 18.8. The lowest BCUT2D eigenvalue weighted by Crippen LogP contribution is -2.58. The van der Waals surface area contributed by atoms with Crippen LogP contribution in [0, 0.1) is 6.92 Å². The number of thiophene rings is 1. The van der Waals surface area contributed by atoms with Gasteiger partial charge in [0.2, 0.25) is 0 Å². The quantitative estimate of drug-likeness (QED) is 0.158. The van der Waals surface area contributed by atoms with Gasteiger partial charge in [-0.2, -0.15) is 0 Å². The van der Waals surface area contributed by atoms with E-state index in [4.69, 9.17) is 4.98 Å². The van der Waals surface area contributed by atoms with Crippen LogP contribution in [0.1, 0.15) is 111 Å². The second kappa shape index (κ2) is 12.7. The number of fused-ring (bicyclic) bond motifs is 2. The maximum absolute atomic E-state index is 5.10. The minimum absolute atomic E-state index is 0.467. The third-order valence-corrected chi connectivity index (χ3v) is 20.2. The van der Waals surface area contributed by atoms with Crippen LogP contribution in [0.4, 0.5) is 0 Å². The van der Waals surface area contributed by atoms with Crippen molar-refractivity contribution in [1.29, 1.82) is 0 Å². The lowest BCUT2D eigenvalue weighted by molar-refractivity contribution is 0.609. The second-order valence-corrected chi connectivity index (χ2v) is 18.2. The number of rotatable bonds is 12. The molecule has 0 N–H and O–H groups in total. The minimum atomic E-state index is -1.89. The molecule has 0 aliphatic rings. The summed E-state index contributed by atoms with van der Waals surface area (Å²) >= 11 is 2.15. The van der Waals surface area contributed by atoms with Gasteiger partial charge in [-0.3, -0.25) is 4.98 Å². The smallest absolute Gasteiger partial charge is 0.109 e. The molecule has 4 rings (SSSR count). The van der Waals surface area contributed by atoms with Crippen LogP contribution in [-0.4, -0.2) is 13.1 Å². The molecule has 0 aliphatic carbocycles. The third-order valence-electron chi connectivity index (χ3n) is 10.0. The number of hydrogen-bond donors (Lipinski definition) is 0. The van der Waals surface area contributed by atoms with Crippen LogP contribution in [0.15, 0.2) is 48.7 Å². The summed E-state index contributed by atoms with van der Waals surface area (Å²) in [4.78, 5) is 5.10. The number of nitrogens with zero attached hydrogens (tertiary/aromatic N) is 1. The third kappa shape index (κ3) is 5.03. The highest BCUT2D eigenvalue weighted by atomic mass is 32.1. The Morgan fingerprint density at radius 3 is 1.85 bits per heavy atom. The fourth-order valence-corrected chi connectivity index (χ4v) is 19.7. The molecule has 0 aliphatic heterocycles. The highest BCUT2D eigenvalue weighted by molar-refractivity contribution is 7.33. The van der Waals surface area contributed by atoms with E-state index in [1.807, 2.05) is 0 Å². The molecule has 0 saturated heterocycles. The lowest BCUT2D eigenvalue weighted by atomic mass is 9.92. The van der Waals surface area contributed by atoms with E-state index in [1.54, 1.807) is 10.1 Å². The first kappa shape index (κ1) is 30.0. The van der Waals surface area contributed by atoms with E-state index in [2.05, 4.69) is 122 Å². The van der Waals surface area contributed by atoms with Gasteiger partial charge in [0.15, 0.2) is 0 Å². The largest absolute Gasteiger partial charge is 0.255 e. The number of aromatic nitrogens is 1. The van der Waals surface area contributed by atoms with Crippen molar-refractivity contribution >= 4 is 44.8 Å². The number of aryl methyl sites for hydroxylation is 1. The summed E-state index contributed by atoms with van der Waals surface area (Å²) in [5.74, 6) is 0.467. The van der Waals surface area contributed by atoms with Crippen molar-refractivity contribution in [2.45, 2.75) is 123 Å². The average molecular weight is 558 g/mol. The molecule has 2 aromatic heterocycles. The highest BCUT2D eigenvalue weighted by Crippen LogP contribution is 2.53. The zero-order valence-corrected chi connectivity index (χ0v) is 27.8. The van der Waals surface area contributed by atoms with Crippen LogP contribution >= 0.6 is 11.3 Å². The summed E-state index contributed by atoms with van der Waals surface area (Å²) in [5, 5.41) is 4.13. The van der Waals surface area contributed by atoms with Gasteiger partial charge in [-0.1, -0.05) is 118 Å². The molecular formula is C36H51NSSi. The summed E-state index contributed by atoms with van der Waals surface area (Å²) in [6, 6.07) is 16.0. The van der Waals surface area contributed by atoms with Crippen molar-refractivity contribution in [1.82, 2.24) is 4.98 Å². The highest BCUT2D eigenvalue weighted by Gasteiger charge is 2.52. The Bertz CT molecular complexity index is 1360. The Kier molecular flexibility index (Phi) is 9.76. The van der Waals surface area contributed by atoms with Crippen LogP contribution in [0.25, 0.3) is 32.1 Å². The molecule has 0 unspecified atom stereocenters. The zero-order valence-electron chi connectivity index (χ0n) is 26.0. The van der Waals surface area contributed by atoms with Crippen molar-refractivity contribution in [2.75, 3.05) is 0 Å². The van der Waals surface area contributed by atoms with E-state index in [-0.39, 0.29) is 0 Å². The number of pyridine rings is 1. The predicted molar refractivity (Wildman–Crippen MR) is 180 cm³/mol. The normalized spacial score (nSPS) is 12.7. The van der Waals surface area contributed by atoms with Crippen LogP contribution in [0.3, 0.4) is 0 Å². The van der Waals surface area contributed by atoms with Gasteiger partial charge in [0, 0.05) is 11.8 Å². The van der Waals surface area contributed by atoms with E-state index in [0.717, 1.165) is 16.6 Å². The molecule has 0 fully saturated rings. The Labute approximate surface area is 243 Å². The monoisotopic (exact) mass is 557 g/mol. The Hall–Kier alpha value is -1.97.